The van der Waals surface area contributed by atoms with Crippen molar-refractivity contribution in [2.75, 3.05) is 0 Å². The number of hydrogen-bond donors (Lipinski definition) is 2. The summed E-state index contributed by atoms with van der Waals surface area (Å²) >= 11 is 0. The molecule has 0 aliphatic heterocycles. The Hall–Kier alpha value is -1.49. The first-order chi connectivity index (χ1) is 9.06. The monoisotopic (exact) mass is 268 g/mol. The Labute approximate surface area is 111 Å². The first kappa shape index (κ1) is 13.9. The van der Waals surface area contributed by atoms with Crippen LogP contribution in [0.25, 0.3) is 0 Å². The zero-order chi connectivity index (χ0) is 13.8. The normalized spacial score (nSPS) is 23.3. The Morgan fingerprint density at radius 3 is 2.58 bits per heavy atom. The zero-order valence-corrected chi connectivity index (χ0v) is 10.7. The van der Waals surface area contributed by atoms with Crippen LogP contribution in [0.15, 0.2) is 18.2 Å². The maximum absolute atomic E-state index is 13.4. The van der Waals surface area contributed by atoms with Crippen LogP contribution in [0.2, 0.25) is 0 Å². The van der Waals surface area contributed by atoms with Crippen LogP contribution >= 0.6 is 0 Å². The zero-order valence-electron chi connectivity index (χ0n) is 10.7. The Morgan fingerprint density at radius 1 is 1.26 bits per heavy atom. The van der Waals surface area contributed by atoms with Gasteiger partial charge in [0, 0.05) is 24.1 Å². The molecule has 2 rings (SSSR count). The molecule has 1 aliphatic rings. The maximum Gasteiger partial charge on any atom is 0.220 e. The van der Waals surface area contributed by atoms with Crippen molar-refractivity contribution in [3.05, 3.63) is 35.4 Å². The van der Waals surface area contributed by atoms with E-state index in [-0.39, 0.29) is 17.9 Å². The second kappa shape index (κ2) is 6.10. The molecule has 3 N–H and O–H groups in total. The third kappa shape index (κ3) is 3.73. The van der Waals surface area contributed by atoms with Gasteiger partial charge in [0.15, 0.2) is 0 Å². The van der Waals surface area contributed by atoms with E-state index in [2.05, 4.69) is 5.32 Å². The molecule has 1 aromatic carbocycles. The molecule has 19 heavy (non-hydrogen) atoms. The van der Waals surface area contributed by atoms with Crippen molar-refractivity contribution in [1.82, 2.24) is 5.32 Å². The van der Waals surface area contributed by atoms with E-state index < -0.39 is 11.6 Å². The van der Waals surface area contributed by atoms with E-state index in [0.717, 1.165) is 37.8 Å². The number of halogens is 2. The van der Waals surface area contributed by atoms with Gasteiger partial charge in [-0.2, -0.15) is 0 Å². The van der Waals surface area contributed by atoms with Crippen molar-refractivity contribution in [2.45, 2.75) is 38.3 Å². The summed E-state index contributed by atoms with van der Waals surface area (Å²) in [6.45, 7) is 0.301. The highest BCUT2D eigenvalue weighted by Gasteiger charge is 2.24. The summed E-state index contributed by atoms with van der Waals surface area (Å²) in [6, 6.07) is 3.68. The first-order valence-corrected chi connectivity index (χ1v) is 6.53. The molecule has 1 amide bonds. The summed E-state index contributed by atoms with van der Waals surface area (Å²) in [7, 11) is 0. The van der Waals surface area contributed by atoms with Crippen molar-refractivity contribution in [3.63, 3.8) is 0 Å². The van der Waals surface area contributed by atoms with E-state index in [4.69, 9.17) is 5.73 Å². The molecule has 0 spiro atoms. The molecular formula is C14H18F2N2O. The largest absolute Gasteiger partial charge is 0.369 e. The SMILES string of the molecule is NC(=O)C1CCC(NCc2cc(F)ccc2F)CC1. The average Bonchev–Trinajstić information content (AvgIpc) is 2.40. The fourth-order valence-corrected chi connectivity index (χ4v) is 2.52. The number of rotatable bonds is 4. The van der Waals surface area contributed by atoms with Crippen LogP contribution in [-0.2, 0) is 11.3 Å². The van der Waals surface area contributed by atoms with Crippen LogP contribution in [0, 0.1) is 17.6 Å². The maximum atomic E-state index is 13.4. The van der Waals surface area contributed by atoms with E-state index in [0.29, 0.717) is 12.1 Å². The number of benzene rings is 1. The molecule has 1 saturated carbocycles. The van der Waals surface area contributed by atoms with Gasteiger partial charge >= 0.3 is 0 Å². The lowest BCUT2D eigenvalue weighted by molar-refractivity contribution is -0.122. The molecule has 0 atom stereocenters. The summed E-state index contributed by atoms with van der Waals surface area (Å²) < 4.78 is 26.4. The number of primary amides is 1. The fourth-order valence-electron chi connectivity index (χ4n) is 2.52. The third-order valence-corrected chi connectivity index (χ3v) is 3.72. The molecule has 0 unspecified atom stereocenters. The molecule has 5 heteroatoms. The van der Waals surface area contributed by atoms with Gasteiger partial charge in [0.25, 0.3) is 0 Å². The van der Waals surface area contributed by atoms with Gasteiger partial charge in [0.2, 0.25) is 5.91 Å². The summed E-state index contributed by atoms with van der Waals surface area (Å²) in [5, 5.41) is 3.21. The van der Waals surface area contributed by atoms with E-state index >= 15 is 0 Å². The minimum Gasteiger partial charge on any atom is -0.369 e. The van der Waals surface area contributed by atoms with Crippen LogP contribution in [-0.4, -0.2) is 11.9 Å². The minimum atomic E-state index is -0.435. The Balaban J connectivity index is 1.83. The molecule has 0 radical (unpaired) electrons. The lowest BCUT2D eigenvalue weighted by Crippen LogP contribution is -2.36. The highest BCUT2D eigenvalue weighted by molar-refractivity contribution is 5.76. The summed E-state index contributed by atoms with van der Waals surface area (Å²) in [5.41, 5.74) is 5.59. The second-order valence-corrected chi connectivity index (χ2v) is 5.07. The first-order valence-electron chi connectivity index (χ1n) is 6.53. The number of nitrogens with two attached hydrogens (primary N) is 1. The van der Waals surface area contributed by atoms with E-state index in [1.807, 2.05) is 0 Å². The number of carbonyl (C=O) groups excluding carboxylic acids is 1. The Kier molecular flexibility index (Phi) is 4.47. The fraction of sp³-hybridized carbons (Fsp3) is 0.500. The van der Waals surface area contributed by atoms with Crippen molar-refractivity contribution in [2.24, 2.45) is 11.7 Å². The molecule has 0 bridgehead atoms. The quantitative estimate of drug-likeness (QED) is 0.878. The molecular weight excluding hydrogens is 250 g/mol. The van der Waals surface area contributed by atoms with Gasteiger partial charge in [-0.15, -0.1) is 0 Å². The van der Waals surface area contributed by atoms with Crippen molar-refractivity contribution >= 4 is 5.91 Å². The molecule has 1 fully saturated rings. The van der Waals surface area contributed by atoms with Crippen LogP contribution in [0.3, 0.4) is 0 Å². The van der Waals surface area contributed by atoms with Gasteiger partial charge in [0.1, 0.15) is 11.6 Å². The smallest absolute Gasteiger partial charge is 0.220 e. The topological polar surface area (TPSA) is 55.1 Å². The van der Waals surface area contributed by atoms with Gasteiger partial charge < -0.3 is 11.1 Å². The van der Waals surface area contributed by atoms with Gasteiger partial charge in [-0.05, 0) is 43.9 Å². The number of nitrogens with one attached hydrogen (secondary N) is 1. The minimum absolute atomic E-state index is 0.0380. The molecule has 1 aromatic rings. The van der Waals surface area contributed by atoms with Gasteiger partial charge in [-0.25, -0.2) is 8.78 Å². The standard InChI is InChI=1S/C14H18F2N2O/c15-11-3-6-13(16)10(7-11)8-18-12-4-1-9(2-5-12)14(17)19/h3,6-7,9,12,18H,1-2,4-5,8H2,(H2,17,19). The number of hydrogen-bond acceptors (Lipinski definition) is 2. The van der Waals surface area contributed by atoms with Gasteiger partial charge in [-0.3, -0.25) is 4.79 Å². The lowest BCUT2D eigenvalue weighted by atomic mass is 9.85. The second-order valence-electron chi connectivity index (χ2n) is 5.07. The summed E-state index contributed by atoms with van der Waals surface area (Å²) in [4.78, 5) is 11.0. The molecule has 3 nitrogen and oxygen atoms in total. The van der Waals surface area contributed by atoms with Crippen LogP contribution in [0.5, 0.6) is 0 Å². The summed E-state index contributed by atoms with van der Waals surface area (Å²) in [6.07, 6.45) is 3.20. The van der Waals surface area contributed by atoms with E-state index in [1.165, 1.54) is 6.07 Å². The predicted molar refractivity (Wildman–Crippen MR) is 68.1 cm³/mol. The van der Waals surface area contributed by atoms with E-state index in [1.54, 1.807) is 0 Å². The van der Waals surface area contributed by atoms with Crippen molar-refractivity contribution < 1.29 is 13.6 Å². The molecule has 0 heterocycles. The third-order valence-electron chi connectivity index (χ3n) is 3.72. The number of carbonyl (C=O) groups is 1. The Bertz CT molecular complexity index is 457. The van der Waals surface area contributed by atoms with Crippen molar-refractivity contribution in [3.8, 4) is 0 Å². The lowest BCUT2D eigenvalue weighted by Gasteiger charge is -2.27. The van der Waals surface area contributed by atoms with E-state index in [9.17, 15) is 13.6 Å². The number of amides is 1. The average molecular weight is 268 g/mol. The molecule has 104 valence electrons. The van der Waals surface area contributed by atoms with Gasteiger partial charge in [-0.1, -0.05) is 0 Å². The highest BCUT2D eigenvalue weighted by atomic mass is 19.1. The van der Waals surface area contributed by atoms with Crippen LogP contribution in [0.4, 0.5) is 8.78 Å². The molecule has 1 aliphatic carbocycles. The van der Waals surface area contributed by atoms with Crippen molar-refractivity contribution in [1.29, 1.82) is 0 Å². The highest BCUT2D eigenvalue weighted by Crippen LogP contribution is 2.24. The summed E-state index contributed by atoms with van der Waals surface area (Å²) in [5.74, 6) is -1.12. The van der Waals surface area contributed by atoms with Gasteiger partial charge in [0.05, 0.1) is 0 Å². The molecule has 0 aromatic heterocycles. The van der Waals surface area contributed by atoms with Crippen LogP contribution in [0.1, 0.15) is 31.2 Å². The Morgan fingerprint density at radius 2 is 1.95 bits per heavy atom. The molecule has 0 saturated heterocycles. The van der Waals surface area contributed by atoms with Crippen LogP contribution < -0.4 is 11.1 Å². The predicted octanol–water partition coefficient (Wildman–Crippen LogP) is 2.10.